The number of carbonyl (C=O) groups is 3. The monoisotopic (exact) mass is 463 g/mol. The van der Waals surface area contributed by atoms with Crippen LogP contribution in [0.15, 0.2) is 12.1 Å². The van der Waals surface area contributed by atoms with Gasteiger partial charge in [-0.1, -0.05) is 6.92 Å². The molecule has 1 aromatic carbocycles. The Balaban J connectivity index is 0.00000156. The Morgan fingerprint density at radius 2 is 1.81 bits per heavy atom. The van der Waals surface area contributed by atoms with Crippen LogP contribution in [-0.4, -0.2) is 33.0 Å². The van der Waals surface area contributed by atoms with Crippen LogP contribution in [0.3, 0.4) is 0 Å². The summed E-state index contributed by atoms with van der Waals surface area (Å²) in [4.78, 5) is 36.1. The van der Waals surface area contributed by atoms with Gasteiger partial charge in [-0.15, -0.1) is 0 Å². The average Bonchev–Trinajstić information content (AvgIpc) is 2.74. The Hall–Kier alpha value is -2.30. The summed E-state index contributed by atoms with van der Waals surface area (Å²) in [6, 6.07) is 2.13. The number of benzene rings is 1. The van der Waals surface area contributed by atoms with E-state index in [1.54, 1.807) is 0 Å². The van der Waals surface area contributed by atoms with Crippen LogP contribution in [0.5, 0.6) is 11.5 Å². The van der Waals surface area contributed by atoms with Crippen LogP contribution >= 0.6 is 0 Å². The predicted octanol–water partition coefficient (Wildman–Crippen LogP) is 2.82. The number of aromatic hydroxyl groups is 2. The number of nitrogens with one attached hydrogen (secondary N) is 1. The number of ketones is 1. The van der Waals surface area contributed by atoms with Crippen LogP contribution < -0.4 is 5.32 Å². The summed E-state index contributed by atoms with van der Waals surface area (Å²) in [6.45, 7) is 6.32. The zero-order valence-electron chi connectivity index (χ0n) is 16.7. The molecule has 0 aromatic heterocycles. The summed E-state index contributed by atoms with van der Waals surface area (Å²) in [6.07, 6.45) is 8.98. The topological polar surface area (TPSA) is 144 Å². The minimum Gasteiger partial charge on any atom is 0 e. The number of rotatable bonds is 5. The molecule has 0 heterocycles. The maximum absolute atomic E-state index is 12.6. The average molecular weight is 463 g/mol. The van der Waals surface area contributed by atoms with Crippen molar-refractivity contribution >= 4 is 23.3 Å². The molecule has 0 saturated heterocycles. The van der Waals surface area contributed by atoms with E-state index >= 15 is 0 Å². The summed E-state index contributed by atoms with van der Waals surface area (Å²) in [5.41, 5.74) is -1.58. The van der Waals surface area contributed by atoms with Crippen LogP contribution in [-0.2, 0) is 31.6 Å². The second-order valence-corrected chi connectivity index (χ2v) is 7.12. The number of anilines is 1. The van der Waals surface area contributed by atoms with E-state index in [0.29, 0.717) is 12.8 Å². The molecular formula is C22H21CrNO7. The Bertz CT molecular complexity index is 854. The first-order valence-corrected chi connectivity index (χ1v) is 9.14. The molecule has 0 unspecified atom stereocenters. The maximum atomic E-state index is 12.6. The minimum atomic E-state index is -1.38. The number of carboxylic acids is 1. The smallest absolute Gasteiger partial charge is 0 e. The molecule has 3 rings (SSSR count). The van der Waals surface area contributed by atoms with Crippen molar-refractivity contribution in [3.63, 3.8) is 0 Å². The maximum Gasteiger partial charge on any atom is 0 e. The molecule has 162 valence electrons. The second-order valence-electron chi connectivity index (χ2n) is 7.12. The number of amides is 1. The molecule has 2 saturated carbocycles. The number of hydrogen-bond acceptors (Lipinski definition) is 5. The minimum absolute atomic E-state index is 0. The van der Waals surface area contributed by atoms with Crippen LogP contribution in [0, 0.1) is 49.6 Å². The van der Waals surface area contributed by atoms with Gasteiger partial charge in [0.15, 0.2) is 5.75 Å². The van der Waals surface area contributed by atoms with Crippen molar-refractivity contribution in [2.24, 2.45) is 5.41 Å². The summed E-state index contributed by atoms with van der Waals surface area (Å²) >= 11 is 0. The molecular weight excluding hydrogens is 442 g/mol. The number of phenols is 2. The van der Waals surface area contributed by atoms with E-state index in [2.05, 4.69) is 12.0 Å². The van der Waals surface area contributed by atoms with Crippen molar-refractivity contribution in [1.82, 2.24) is 0 Å². The van der Waals surface area contributed by atoms with E-state index in [1.165, 1.54) is 0 Å². The van der Waals surface area contributed by atoms with Crippen LogP contribution in [0.2, 0.25) is 0 Å². The molecule has 1 aromatic rings. The van der Waals surface area contributed by atoms with Crippen molar-refractivity contribution in [1.29, 1.82) is 0 Å². The Morgan fingerprint density at radius 3 is 2.45 bits per heavy atom. The Morgan fingerprint density at radius 1 is 1.16 bits per heavy atom. The molecule has 6 radical (unpaired) electrons. The fourth-order valence-corrected chi connectivity index (χ4v) is 3.67. The van der Waals surface area contributed by atoms with Crippen molar-refractivity contribution in [2.45, 2.75) is 32.6 Å². The van der Waals surface area contributed by atoms with E-state index in [0.717, 1.165) is 24.0 Å². The van der Waals surface area contributed by atoms with Gasteiger partial charge in [0.1, 0.15) is 22.8 Å². The first kappa shape index (κ1) is 26.7. The van der Waals surface area contributed by atoms with Gasteiger partial charge in [-0.05, 0) is 62.5 Å². The number of carboxylic acid groups (broad SMARTS) is 1. The summed E-state index contributed by atoms with van der Waals surface area (Å²) in [5, 5.41) is 31.3. The van der Waals surface area contributed by atoms with Crippen molar-refractivity contribution in [3.8, 4) is 11.5 Å². The van der Waals surface area contributed by atoms with Gasteiger partial charge in [0.2, 0.25) is 5.91 Å². The molecule has 0 aliphatic heterocycles. The molecule has 2 aliphatic rings. The normalized spacial score (nSPS) is 21.1. The van der Waals surface area contributed by atoms with Gasteiger partial charge in [-0.2, -0.15) is 0 Å². The molecule has 2 aliphatic carbocycles. The van der Waals surface area contributed by atoms with Gasteiger partial charge >= 0.3 is 17.3 Å². The quantitative estimate of drug-likeness (QED) is 0.300. The fourth-order valence-electron chi connectivity index (χ4n) is 3.67. The van der Waals surface area contributed by atoms with E-state index < -0.39 is 34.4 Å². The third-order valence-corrected chi connectivity index (χ3v) is 5.35. The zero-order chi connectivity index (χ0) is 22.5. The van der Waals surface area contributed by atoms with Gasteiger partial charge in [0.25, 0.3) is 0 Å². The van der Waals surface area contributed by atoms with Crippen molar-refractivity contribution in [3.05, 3.63) is 61.9 Å². The molecule has 31 heavy (non-hydrogen) atoms. The SMILES string of the molecule is C[C@]1(CCC(=O)Nc2c(O)ccc(C(=O)O)c2O)[C]2[CH][CH][CH][CH][C]2CCC1=O.[C-]#[O+].[Cr]. The molecule has 0 bridgehead atoms. The Labute approximate surface area is 191 Å². The van der Waals surface area contributed by atoms with Gasteiger partial charge in [-0.3, -0.25) is 9.59 Å². The number of Topliss-reactive ketones (excluding diaryl/α,β-unsaturated/α-hetero) is 1. The molecule has 2 fully saturated rings. The second kappa shape index (κ2) is 11.4. The first-order valence-electron chi connectivity index (χ1n) is 9.14. The van der Waals surface area contributed by atoms with Gasteiger partial charge in [0, 0.05) is 35.6 Å². The zero-order valence-corrected chi connectivity index (χ0v) is 18.0. The van der Waals surface area contributed by atoms with E-state index in [1.807, 2.05) is 32.6 Å². The van der Waals surface area contributed by atoms with Crippen LogP contribution in [0.4, 0.5) is 5.69 Å². The van der Waals surface area contributed by atoms with Gasteiger partial charge < -0.3 is 20.6 Å². The fraction of sp³-hybridized carbons (Fsp3) is 0.273. The van der Waals surface area contributed by atoms with Crippen LogP contribution in [0.25, 0.3) is 0 Å². The van der Waals surface area contributed by atoms with Crippen LogP contribution in [0.1, 0.15) is 43.0 Å². The Kier molecular flexibility index (Phi) is 9.80. The van der Waals surface area contributed by atoms with Crippen molar-refractivity contribution < 1.29 is 51.7 Å². The number of hydrogen-bond donors (Lipinski definition) is 4. The largest absolute Gasteiger partial charge is 0 e. The molecule has 1 atom stereocenters. The third kappa shape index (κ3) is 5.69. The summed E-state index contributed by atoms with van der Waals surface area (Å²) < 4.78 is 7.50. The van der Waals surface area contributed by atoms with E-state index in [4.69, 9.17) is 9.76 Å². The number of phenolic OH excluding ortho intramolecular Hbond substituents is 1. The molecule has 8 nitrogen and oxygen atoms in total. The molecule has 9 heteroatoms. The standard InChI is InChI=1S/C21H21NO6.CO.Cr/c1-21(14-5-3-2-4-12(14)6-9-16(21)24)11-10-17(25)22-18-15(23)8-7-13(19(18)26)20(27)28;1-2;/h2-5,7-8,23,26H,6,9-11H2,1H3,(H,22,25)(H,27,28);;/t21-;;/m0../s1. The number of aromatic carboxylic acids is 1. The molecule has 4 N–H and O–H groups in total. The van der Waals surface area contributed by atoms with E-state index in [-0.39, 0.29) is 41.7 Å². The predicted molar refractivity (Wildman–Crippen MR) is 105 cm³/mol. The number of carbonyl (C=O) groups excluding carboxylic acids is 2. The summed E-state index contributed by atoms with van der Waals surface area (Å²) in [5.74, 6) is -1.01. The van der Waals surface area contributed by atoms with Crippen molar-refractivity contribution in [2.75, 3.05) is 5.32 Å². The van der Waals surface area contributed by atoms with E-state index in [9.17, 15) is 24.6 Å². The van der Waals surface area contributed by atoms with Gasteiger partial charge in [-0.25, -0.2) is 4.79 Å². The molecule has 0 spiro atoms. The summed E-state index contributed by atoms with van der Waals surface area (Å²) in [7, 11) is 0. The first-order chi connectivity index (χ1) is 14.2. The molecule has 1 amide bonds. The number of fused-ring (bicyclic) bond motifs is 1. The van der Waals surface area contributed by atoms with Gasteiger partial charge in [0.05, 0.1) is 0 Å². The third-order valence-electron chi connectivity index (χ3n) is 5.35.